The predicted molar refractivity (Wildman–Crippen MR) is 86.2 cm³/mol. The molecule has 0 saturated heterocycles. The number of hydrogen-bond acceptors (Lipinski definition) is 2. The van der Waals surface area contributed by atoms with E-state index >= 15 is 0 Å². The van der Waals surface area contributed by atoms with Crippen LogP contribution in [0, 0.1) is 11.7 Å². The molecule has 3 atom stereocenters. The Hall–Kier alpha value is -2.62. The fraction of sp³-hybridized carbons (Fsp3) is 0.211. The lowest BCUT2D eigenvalue weighted by Crippen LogP contribution is -2.30. The third kappa shape index (κ3) is 2.22. The molecule has 0 unspecified atom stereocenters. The minimum atomic E-state index is -0.937. The lowest BCUT2D eigenvalue weighted by Gasteiger charge is -2.38. The van der Waals surface area contributed by atoms with Crippen molar-refractivity contribution in [2.45, 2.75) is 18.4 Å². The Morgan fingerprint density at radius 2 is 1.96 bits per heavy atom. The van der Waals surface area contributed by atoms with E-state index in [1.165, 1.54) is 12.1 Å². The summed E-state index contributed by atoms with van der Waals surface area (Å²) < 4.78 is 13.2. The van der Waals surface area contributed by atoms with Gasteiger partial charge in [0.25, 0.3) is 0 Å². The van der Waals surface area contributed by atoms with E-state index in [1.807, 2.05) is 6.07 Å². The van der Waals surface area contributed by atoms with Gasteiger partial charge in [-0.25, -0.2) is 9.18 Å². The number of benzene rings is 2. The topological polar surface area (TPSA) is 49.3 Å². The van der Waals surface area contributed by atoms with Crippen LogP contribution in [0.4, 0.5) is 10.1 Å². The van der Waals surface area contributed by atoms with E-state index < -0.39 is 5.97 Å². The molecule has 0 bridgehead atoms. The Balaban J connectivity index is 1.83. The molecule has 0 fully saturated rings. The summed E-state index contributed by atoms with van der Waals surface area (Å²) in [5, 5.41) is 12.9. The minimum Gasteiger partial charge on any atom is -0.478 e. The van der Waals surface area contributed by atoms with Crippen LogP contribution in [-0.4, -0.2) is 11.1 Å². The number of para-hydroxylation sites is 1. The van der Waals surface area contributed by atoms with Crippen molar-refractivity contribution in [3.05, 3.63) is 77.1 Å². The second-order valence-corrected chi connectivity index (χ2v) is 6.10. The number of hydrogen-bond donors (Lipinski definition) is 2. The second-order valence-electron chi connectivity index (χ2n) is 6.10. The van der Waals surface area contributed by atoms with Gasteiger partial charge in [-0.2, -0.15) is 0 Å². The molecule has 4 rings (SSSR count). The van der Waals surface area contributed by atoms with E-state index in [0.29, 0.717) is 11.6 Å². The van der Waals surface area contributed by atoms with Crippen LogP contribution in [0.15, 0.2) is 54.6 Å². The predicted octanol–water partition coefficient (Wildman–Crippen LogP) is 4.35. The van der Waals surface area contributed by atoms with Crippen molar-refractivity contribution < 1.29 is 14.3 Å². The van der Waals surface area contributed by atoms with E-state index in [0.717, 1.165) is 17.5 Å². The SMILES string of the molecule is O=C(O)c1cccc2c1N[C@H](c1ccc(F)cc1)[C@H]1CC=C[C@H]21. The summed E-state index contributed by atoms with van der Waals surface area (Å²) in [6.45, 7) is 0. The number of carboxylic acids is 1. The summed E-state index contributed by atoms with van der Waals surface area (Å²) in [4.78, 5) is 11.5. The smallest absolute Gasteiger partial charge is 0.337 e. The summed E-state index contributed by atoms with van der Waals surface area (Å²) >= 11 is 0. The first-order valence-corrected chi connectivity index (χ1v) is 7.70. The average molecular weight is 309 g/mol. The highest BCUT2D eigenvalue weighted by molar-refractivity contribution is 5.95. The highest BCUT2D eigenvalue weighted by Crippen LogP contribution is 2.50. The Morgan fingerprint density at radius 3 is 2.70 bits per heavy atom. The molecule has 2 aromatic rings. The zero-order valence-electron chi connectivity index (χ0n) is 12.4. The summed E-state index contributed by atoms with van der Waals surface area (Å²) in [5.74, 6) is -0.692. The van der Waals surface area contributed by atoms with Crippen molar-refractivity contribution >= 4 is 11.7 Å². The van der Waals surface area contributed by atoms with E-state index in [4.69, 9.17) is 0 Å². The number of anilines is 1. The van der Waals surface area contributed by atoms with Crippen LogP contribution >= 0.6 is 0 Å². The van der Waals surface area contributed by atoms with Gasteiger partial charge < -0.3 is 10.4 Å². The number of aromatic carboxylic acids is 1. The second kappa shape index (κ2) is 5.23. The number of carbonyl (C=O) groups is 1. The molecule has 4 heteroatoms. The van der Waals surface area contributed by atoms with Gasteiger partial charge in [-0.3, -0.25) is 0 Å². The molecule has 1 aliphatic heterocycles. The minimum absolute atomic E-state index is 0.0244. The van der Waals surface area contributed by atoms with Gasteiger partial charge in [-0.05, 0) is 41.7 Å². The van der Waals surface area contributed by atoms with Crippen LogP contribution in [0.25, 0.3) is 0 Å². The first-order valence-electron chi connectivity index (χ1n) is 7.70. The van der Waals surface area contributed by atoms with Crippen molar-refractivity contribution in [2.24, 2.45) is 5.92 Å². The number of allylic oxidation sites excluding steroid dienone is 2. The third-order valence-corrected chi connectivity index (χ3v) is 4.86. The first kappa shape index (κ1) is 14.0. The zero-order chi connectivity index (χ0) is 16.0. The number of nitrogens with one attached hydrogen (secondary N) is 1. The van der Waals surface area contributed by atoms with Crippen LogP contribution in [0.1, 0.15) is 39.9 Å². The summed E-state index contributed by atoms with van der Waals surface area (Å²) in [6, 6.07) is 11.8. The van der Waals surface area contributed by atoms with Crippen molar-refractivity contribution in [1.29, 1.82) is 0 Å². The van der Waals surface area contributed by atoms with Gasteiger partial charge in [-0.1, -0.05) is 36.4 Å². The van der Waals surface area contributed by atoms with E-state index in [2.05, 4.69) is 17.5 Å². The molecule has 0 radical (unpaired) electrons. The molecule has 1 heterocycles. The normalized spacial score (nSPS) is 24.7. The Bertz CT molecular complexity index is 798. The lowest BCUT2D eigenvalue weighted by atomic mass is 9.76. The molecule has 23 heavy (non-hydrogen) atoms. The van der Waals surface area contributed by atoms with Crippen LogP contribution in [0.3, 0.4) is 0 Å². The average Bonchev–Trinajstić information content (AvgIpc) is 3.04. The molecule has 2 aliphatic rings. The molecular formula is C19H16FNO2. The monoisotopic (exact) mass is 309 g/mol. The molecule has 0 saturated carbocycles. The molecule has 2 aromatic carbocycles. The molecule has 0 aromatic heterocycles. The van der Waals surface area contributed by atoms with Crippen LogP contribution in [0.2, 0.25) is 0 Å². The summed E-state index contributed by atoms with van der Waals surface area (Å²) in [7, 11) is 0. The first-order chi connectivity index (χ1) is 11.1. The summed E-state index contributed by atoms with van der Waals surface area (Å²) in [5.41, 5.74) is 2.98. The number of carboxylic acid groups (broad SMARTS) is 1. The third-order valence-electron chi connectivity index (χ3n) is 4.86. The van der Waals surface area contributed by atoms with Crippen molar-refractivity contribution in [3.8, 4) is 0 Å². The number of fused-ring (bicyclic) bond motifs is 3. The molecular weight excluding hydrogens is 293 g/mol. The van der Waals surface area contributed by atoms with E-state index in [-0.39, 0.29) is 23.3 Å². The summed E-state index contributed by atoms with van der Waals surface area (Å²) in [6.07, 6.45) is 5.24. The molecule has 0 spiro atoms. The number of rotatable bonds is 2. The Kier molecular flexibility index (Phi) is 3.18. The Morgan fingerprint density at radius 1 is 1.17 bits per heavy atom. The van der Waals surface area contributed by atoms with Crippen LogP contribution in [-0.2, 0) is 0 Å². The maximum atomic E-state index is 13.2. The maximum absolute atomic E-state index is 13.2. The molecule has 0 amide bonds. The van der Waals surface area contributed by atoms with Gasteiger partial charge in [0, 0.05) is 5.92 Å². The highest BCUT2D eigenvalue weighted by Gasteiger charge is 2.39. The van der Waals surface area contributed by atoms with E-state index in [1.54, 1.807) is 24.3 Å². The fourth-order valence-electron chi connectivity index (χ4n) is 3.80. The largest absolute Gasteiger partial charge is 0.478 e. The van der Waals surface area contributed by atoms with Crippen molar-refractivity contribution in [2.75, 3.05) is 5.32 Å². The maximum Gasteiger partial charge on any atom is 0.337 e. The Labute approximate surface area is 133 Å². The fourth-order valence-corrected chi connectivity index (χ4v) is 3.80. The van der Waals surface area contributed by atoms with Gasteiger partial charge >= 0.3 is 5.97 Å². The van der Waals surface area contributed by atoms with Gasteiger partial charge in [0.2, 0.25) is 0 Å². The van der Waals surface area contributed by atoms with Gasteiger partial charge in [0.05, 0.1) is 17.3 Å². The number of halogens is 1. The van der Waals surface area contributed by atoms with Gasteiger partial charge in [0.1, 0.15) is 5.82 Å². The van der Waals surface area contributed by atoms with E-state index in [9.17, 15) is 14.3 Å². The van der Waals surface area contributed by atoms with Gasteiger partial charge in [0.15, 0.2) is 0 Å². The molecule has 1 aliphatic carbocycles. The van der Waals surface area contributed by atoms with Crippen molar-refractivity contribution in [3.63, 3.8) is 0 Å². The molecule has 3 nitrogen and oxygen atoms in total. The van der Waals surface area contributed by atoms with Crippen LogP contribution < -0.4 is 5.32 Å². The quantitative estimate of drug-likeness (QED) is 0.811. The molecule has 2 N–H and O–H groups in total. The highest BCUT2D eigenvalue weighted by atomic mass is 19.1. The zero-order valence-corrected chi connectivity index (χ0v) is 12.4. The van der Waals surface area contributed by atoms with Crippen LogP contribution in [0.5, 0.6) is 0 Å². The van der Waals surface area contributed by atoms with Crippen molar-refractivity contribution in [1.82, 2.24) is 0 Å². The standard InChI is InChI=1S/C19H16FNO2/c20-12-9-7-11(8-10-12)17-14-4-1-3-13(14)15-5-2-6-16(19(22)23)18(15)21-17/h1-3,5-10,13-14,17,21H,4H2,(H,22,23)/t13-,14-,17+/m0/s1. The van der Waals surface area contributed by atoms with Gasteiger partial charge in [-0.15, -0.1) is 0 Å². The molecule has 116 valence electrons. The lowest BCUT2D eigenvalue weighted by molar-refractivity contribution is 0.0697.